The number of aromatic nitrogens is 4. The van der Waals surface area contributed by atoms with Crippen molar-refractivity contribution in [2.45, 2.75) is 26.3 Å². The van der Waals surface area contributed by atoms with Gasteiger partial charge in [-0.2, -0.15) is 4.68 Å². The Hall–Kier alpha value is -1.95. The first kappa shape index (κ1) is 13.5. The van der Waals surface area contributed by atoms with E-state index in [1.54, 1.807) is 11.8 Å². The van der Waals surface area contributed by atoms with Crippen molar-refractivity contribution in [2.75, 3.05) is 14.2 Å². The van der Waals surface area contributed by atoms with Crippen LogP contribution in [0.2, 0.25) is 0 Å². The van der Waals surface area contributed by atoms with Crippen LogP contribution in [0.3, 0.4) is 0 Å². The molecule has 2 rings (SSSR count). The van der Waals surface area contributed by atoms with Crippen LogP contribution in [-0.4, -0.2) is 34.4 Å². The third kappa shape index (κ3) is 2.73. The average Bonchev–Trinajstić information content (AvgIpc) is 2.86. The van der Waals surface area contributed by atoms with Crippen LogP contribution in [0, 0.1) is 0 Å². The second-order valence-corrected chi connectivity index (χ2v) is 4.62. The maximum atomic E-state index is 5.40. The van der Waals surface area contributed by atoms with Gasteiger partial charge < -0.3 is 10.1 Å². The molecule has 6 heteroatoms. The molecule has 0 aliphatic rings. The van der Waals surface area contributed by atoms with Crippen molar-refractivity contribution in [1.82, 2.24) is 25.5 Å². The number of nitrogens with zero attached hydrogens (tertiary/aromatic N) is 4. The van der Waals surface area contributed by atoms with Crippen LogP contribution in [0.25, 0.3) is 5.69 Å². The summed E-state index contributed by atoms with van der Waals surface area (Å²) in [7, 11) is 3.51. The van der Waals surface area contributed by atoms with E-state index < -0.39 is 0 Å². The van der Waals surface area contributed by atoms with Gasteiger partial charge >= 0.3 is 0 Å². The lowest BCUT2D eigenvalue weighted by atomic mass is 10.0. The van der Waals surface area contributed by atoms with Crippen molar-refractivity contribution < 1.29 is 4.74 Å². The first-order valence-corrected chi connectivity index (χ1v) is 6.27. The van der Waals surface area contributed by atoms with Crippen molar-refractivity contribution in [3.63, 3.8) is 0 Å². The summed E-state index contributed by atoms with van der Waals surface area (Å²) in [5.41, 5.74) is 2.09. The van der Waals surface area contributed by atoms with Gasteiger partial charge in [-0.1, -0.05) is 19.9 Å². The minimum absolute atomic E-state index is 0.439. The topological polar surface area (TPSA) is 64.9 Å². The van der Waals surface area contributed by atoms with Crippen LogP contribution in [0.1, 0.15) is 31.2 Å². The predicted molar refractivity (Wildman–Crippen MR) is 72.6 cm³/mol. The van der Waals surface area contributed by atoms with Gasteiger partial charge in [0.25, 0.3) is 0 Å². The molecule has 6 nitrogen and oxygen atoms in total. The first-order valence-electron chi connectivity index (χ1n) is 6.27. The molecular weight excluding hydrogens is 242 g/mol. The van der Waals surface area contributed by atoms with Gasteiger partial charge in [0.2, 0.25) is 0 Å². The van der Waals surface area contributed by atoms with Crippen LogP contribution in [0.15, 0.2) is 18.2 Å². The highest BCUT2D eigenvalue weighted by Gasteiger charge is 2.14. The second-order valence-electron chi connectivity index (χ2n) is 4.62. The monoisotopic (exact) mass is 261 g/mol. The zero-order valence-corrected chi connectivity index (χ0v) is 11.7. The molecule has 0 aliphatic heterocycles. The summed E-state index contributed by atoms with van der Waals surface area (Å²) >= 11 is 0. The van der Waals surface area contributed by atoms with E-state index in [0.29, 0.717) is 12.5 Å². The summed E-state index contributed by atoms with van der Waals surface area (Å²) in [5.74, 6) is 1.95. The third-order valence-electron chi connectivity index (χ3n) is 2.97. The lowest BCUT2D eigenvalue weighted by Crippen LogP contribution is -2.13. The Morgan fingerprint density at radius 2 is 2.16 bits per heavy atom. The van der Waals surface area contributed by atoms with Crippen molar-refractivity contribution in [3.8, 4) is 11.4 Å². The summed E-state index contributed by atoms with van der Waals surface area (Å²) in [6.45, 7) is 4.90. The summed E-state index contributed by atoms with van der Waals surface area (Å²) in [4.78, 5) is 0. The highest BCUT2D eigenvalue weighted by Crippen LogP contribution is 2.27. The van der Waals surface area contributed by atoms with Crippen LogP contribution in [0.5, 0.6) is 5.75 Å². The van der Waals surface area contributed by atoms with E-state index in [2.05, 4.69) is 46.8 Å². The molecule has 19 heavy (non-hydrogen) atoms. The lowest BCUT2D eigenvalue weighted by Gasteiger charge is -2.13. The predicted octanol–water partition coefficient (Wildman–Crippen LogP) is 1.51. The largest absolute Gasteiger partial charge is 0.494 e. The molecule has 0 atom stereocenters. The van der Waals surface area contributed by atoms with Crippen molar-refractivity contribution in [2.24, 2.45) is 0 Å². The summed E-state index contributed by atoms with van der Waals surface area (Å²) in [6.07, 6.45) is 0. The van der Waals surface area contributed by atoms with Gasteiger partial charge in [-0.25, -0.2) is 0 Å². The third-order valence-corrected chi connectivity index (χ3v) is 2.97. The molecule has 0 unspecified atom stereocenters. The molecule has 0 saturated heterocycles. The highest BCUT2D eigenvalue weighted by atomic mass is 16.5. The Morgan fingerprint density at radius 1 is 1.37 bits per heavy atom. The number of ether oxygens (including phenoxy) is 1. The fraction of sp³-hybridized carbons (Fsp3) is 0.462. The molecule has 0 saturated carbocycles. The molecule has 2 aromatic rings. The highest BCUT2D eigenvalue weighted by molar-refractivity contribution is 5.49. The normalized spacial score (nSPS) is 11.0. The number of hydrogen-bond donors (Lipinski definition) is 1. The van der Waals surface area contributed by atoms with Gasteiger partial charge in [0.05, 0.1) is 13.7 Å². The van der Waals surface area contributed by atoms with Gasteiger partial charge in [-0.05, 0) is 41.1 Å². The van der Waals surface area contributed by atoms with Crippen LogP contribution in [0.4, 0.5) is 0 Å². The van der Waals surface area contributed by atoms with E-state index in [-0.39, 0.29) is 0 Å². The molecule has 102 valence electrons. The van der Waals surface area contributed by atoms with Crippen LogP contribution >= 0.6 is 0 Å². The number of benzene rings is 1. The van der Waals surface area contributed by atoms with Crippen molar-refractivity contribution >= 4 is 0 Å². The number of tetrazole rings is 1. The molecular formula is C13H19N5O. The van der Waals surface area contributed by atoms with Gasteiger partial charge in [0.1, 0.15) is 11.4 Å². The Morgan fingerprint density at radius 3 is 2.79 bits per heavy atom. The molecule has 0 amide bonds. The minimum Gasteiger partial charge on any atom is -0.494 e. The Bertz CT molecular complexity index is 550. The average molecular weight is 261 g/mol. The SMILES string of the molecule is CNCc1nnnn1-c1cc(C(C)C)ccc1OC. The van der Waals surface area contributed by atoms with Gasteiger partial charge in [-0.15, -0.1) is 5.10 Å². The van der Waals surface area contributed by atoms with Gasteiger partial charge in [0.15, 0.2) is 5.82 Å². The zero-order chi connectivity index (χ0) is 13.8. The Kier molecular flexibility index (Phi) is 4.11. The maximum Gasteiger partial charge on any atom is 0.170 e. The fourth-order valence-corrected chi connectivity index (χ4v) is 1.89. The van der Waals surface area contributed by atoms with E-state index in [4.69, 9.17) is 4.74 Å². The van der Waals surface area contributed by atoms with E-state index >= 15 is 0 Å². The summed E-state index contributed by atoms with van der Waals surface area (Å²) in [5, 5.41) is 14.9. The molecule has 0 fully saturated rings. The lowest BCUT2D eigenvalue weighted by molar-refractivity contribution is 0.410. The van der Waals surface area contributed by atoms with Crippen molar-refractivity contribution in [1.29, 1.82) is 0 Å². The molecule has 1 aromatic heterocycles. The summed E-state index contributed by atoms with van der Waals surface area (Å²) < 4.78 is 7.11. The van der Waals surface area contributed by atoms with E-state index in [1.165, 1.54) is 5.56 Å². The number of methoxy groups -OCH3 is 1. The molecule has 0 radical (unpaired) electrons. The van der Waals surface area contributed by atoms with Crippen LogP contribution in [-0.2, 0) is 6.54 Å². The minimum atomic E-state index is 0.439. The Balaban J connectivity index is 2.52. The number of rotatable bonds is 5. The van der Waals surface area contributed by atoms with Gasteiger partial charge in [-0.3, -0.25) is 0 Å². The van der Waals surface area contributed by atoms with E-state index in [0.717, 1.165) is 17.3 Å². The molecule has 0 bridgehead atoms. The van der Waals surface area contributed by atoms with E-state index in [1.807, 2.05) is 13.1 Å². The quantitative estimate of drug-likeness (QED) is 0.884. The fourth-order valence-electron chi connectivity index (χ4n) is 1.89. The molecule has 1 N–H and O–H groups in total. The first-order chi connectivity index (χ1) is 9.17. The van der Waals surface area contributed by atoms with Crippen molar-refractivity contribution in [3.05, 3.63) is 29.6 Å². The van der Waals surface area contributed by atoms with Crippen LogP contribution < -0.4 is 10.1 Å². The van der Waals surface area contributed by atoms with Gasteiger partial charge in [0, 0.05) is 0 Å². The van der Waals surface area contributed by atoms with E-state index in [9.17, 15) is 0 Å². The molecule has 1 aromatic carbocycles. The summed E-state index contributed by atoms with van der Waals surface area (Å²) in [6, 6.07) is 6.09. The maximum absolute atomic E-state index is 5.40. The molecule has 0 aliphatic carbocycles. The smallest absolute Gasteiger partial charge is 0.170 e. The molecule has 1 heterocycles. The Labute approximate surface area is 112 Å². The second kappa shape index (κ2) is 5.79. The number of nitrogens with one attached hydrogen (secondary N) is 1. The number of hydrogen-bond acceptors (Lipinski definition) is 5. The molecule has 0 spiro atoms. The standard InChI is InChI=1S/C13H19N5O/c1-9(2)10-5-6-12(19-4)11(7-10)18-13(8-14-3)15-16-17-18/h5-7,9,14H,8H2,1-4H3. The zero-order valence-electron chi connectivity index (χ0n) is 11.7.